The molecule has 8 nitrogen and oxygen atoms in total. The minimum Gasteiger partial charge on any atom is -0.497 e. The summed E-state index contributed by atoms with van der Waals surface area (Å²) >= 11 is 0. The van der Waals surface area contributed by atoms with Gasteiger partial charge in [0.05, 0.1) is 14.2 Å². The lowest BCUT2D eigenvalue weighted by atomic mass is 10.2. The molecule has 23 heavy (non-hydrogen) atoms. The van der Waals surface area contributed by atoms with E-state index >= 15 is 0 Å². The third-order valence-corrected chi connectivity index (χ3v) is 2.86. The quantitative estimate of drug-likeness (QED) is 0.810. The number of anilines is 1. The van der Waals surface area contributed by atoms with Crippen LogP contribution in [0.3, 0.4) is 0 Å². The van der Waals surface area contributed by atoms with Gasteiger partial charge in [0, 0.05) is 6.07 Å². The van der Waals surface area contributed by atoms with Crippen LogP contribution in [0.5, 0.6) is 11.5 Å². The number of hydrogen-bond acceptors (Lipinski definition) is 7. The number of carbonyl (C=O) groups is 2. The molecule has 0 radical (unpaired) electrons. The Morgan fingerprint density at radius 3 is 2.61 bits per heavy atom. The smallest absolute Gasteiger partial charge is 0.342 e. The number of carbonyl (C=O) groups excluding carboxylic acids is 2. The summed E-state index contributed by atoms with van der Waals surface area (Å²) in [5.41, 5.74) is 0.164. The predicted molar refractivity (Wildman–Crippen MR) is 79.7 cm³/mol. The predicted octanol–water partition coefficient (Wildman–Crippen LogP) is 1.80. The zero-order chi connectivity index (χ0) is 16.8. The molecule has 1 heterocycles. The number of hydrogen-bond donors (Lipinski definition) is 1. The molecule has 0 aliphatic rings. The largest absolute Gasteiger partial charge is 0.497 e. The van der Waals surface area contributed by atoms with Crippen molar-refractivity contribution >= 4 is 17.7 Å². The molecule has 0 bridgehead atoms. The molecule has 0 aliphatic heterocycles. The van der Waals surface area contributed by atoms with Gasteiger partial charge < -0.3 is 24.1 Å². The van der Waals surface area contributed by atoms with E-state index in [0.717, 1.165) is 0 Å². The molecule has 0 aliphatic carbocycles. The zero-order valence-corrected chi connectivity index (χ0v) is 12.9. The van der Waals surface area contributed by atoms with Crippen LogP contribution in [0.2, 0.25) is 0 Å². The number of benzene rings is 1. The van der Waals surface area contributed by atoms with E-state index in [9.17, 15) is 9.59 Å². The molecule has 8 heteroatoms. The molecule has 1 aromatic carbocycles. The summed E-state index contributed by atoms with van der Waals surface area (Å²) in [5, 5.41) is 6.05. The number of esters is 1. The van der Waals surface area contributed by atoms with E-state index in [1.807, 2.05) is 0 Å². The molecule has 0 spiro atoms. The van der Waals surface area contributed by atoms with Crippen LogP contribution in [-0.2, 0) is 9.53 Å². The number of aromatic nitrogens is 1. The summed E-state index contributed by atoms with van der Waals surface area (Å²) in [6, 6.07) is 6.24. The molecule has 0 atom stereocenters. The van der Waals surface area contributed by atoms with Crippen molar-refractivity contribution in [1.29, 1.82) is 0 Å². The summed E-state index contributed by atoms with van der Waals surface area (Å²) in [5.74, 6) is 0.366. The first-order valence-electron chi connectivity index (χ1n) is 6.66. The molecule has 2 rings (SSSR count). The highest BCUT2D eigenvalue weighted by molar-refractivity contribution is 5.96. The van der Waals surface area contributed by atoms with Crippen molar-refractivity contribution in [3.63, 3.8) is 0 Å². The highest BCUT2D eigenvalue weighted by Crippen LogP contribution is 2.24. The van der Waals surface area contributed by atoms with E-state index in [-0.39, 0.29) is 11.4 Å². The van der Waals surface area contributed by atoms with E-state index in [1.54, 1.807) is 25.1 Å². The normalized spacial score (nSPS) is 10.0. The van der Waals surface area contributed by atoms with Gasteiger partial charge in [0.25, 0.3) is 5.91 Å². The Kier molecular flexibility index (Phi) is 5.19. The first-order chi connectivity index (χ1) is 11.0. The molecule has 0 fully saturated rings. The van der Waals surface area contributed by atoms with E-state index in [4.69, 9.17) is 18.7 Å². The van der Waals surface area contributed by atoms with Crippen molar-refractivity contribution in [1.82, 2.24) is 5.16 Å². The fraction of sp³-hybridized carbons (Fsp3) is 0.267. The van der Waals surface area contributed by atoms with Gasteiger partial charge in [-0.15, -0.1) is 0 Å². The lowest BCUT2D eigenvalue weighted by Gasteiger charge is -2.10. The second kappa shape index (κ2) is 7.30. The van der Waals surface area contributed by atoms with E-state index in [0.29, 0.717) is 17.3 Å². The van der Waals surface area contributed by atoms with Crippen molar-refractivity contribution in [2.24, 2.45) is 0 Å². The molecular formula is C15H16N2O6. The van der Waals surface area contributed by atoms with Gasteiger partial charge in [0.15, 0.2) is 12.4 Å². The number of aryl methyl sites for hydroxylation is 1. The van der Waals surface area contributed by atoms with Crippen molar-refractivity contribution in [3.8, 4) is 11.5 Å². The summed E-state index contributed by atoms with van der Waals surface area (Å²) in [6.07, 6.45) is 0. The van der Waals surface area contributed by atoms with Gasteiger partial charge in [0.1, 0.15) is 22.8 Å². The average molecular weight is 320 g/mol. The zero-order valence-electron chi connectivity index (χ0n) is 12.9. The first-order valence-corrected chi connectivity index (χ1v) is 6.66. The second-order valence-electron chi connectivity index (χ2n) is 4.51. The Morgan fingerprint density at radius 1 is 1.22 bits per heavy atom. The van der Waals surface area contributed by atoms with Crippen LogP contribution in [-0.4, -0.2) is 37.9 Å². The Labute approximate surface area is 132 Å². The van der Waals surface area contributed by atoms with Crippen LogP contribution in [0, 0.1) is 6.92 Å². The standard InChI is InChI=1S/C15H16N2O6/c1-9-6-13(17-23-9)16-14(18)8-22-15(19)11-7-10(20-2)4-5-12(11)21-3/h4-7H,8H2,1-3H3,(H,16,17,18). The maximum absolute atomic E-state index is 12.1. The number of rotatable bonds is 6. The van der Waals surface area contributed by atoms with Gasteiger partial charge >= 0.3 is 5.97 Å². The van der Waals surface area contributed by atoms with Crippen LogP contribution < -0.4 is 14.8 Å². The van der Waals surface area contributed by atoms with Crippen LogP contribution in [0.4, 0.5) is 5.82 Å². The monoisotopic (exact) mass is 320 g/mol. The van der Waals surface area contributed by atoms with Gasteiger partial charge in [0.2, 0.25) is 0 Å². The number of ether oxygens (including phenoxy) is 3. The summed E-state index contributed by atoms with van der Waals surface area (Å²) < 4.78 is 19.9. The van der Waals surface area contributed by atoms with Gasteiger partial charge in [-0.1, -0.05) is 5.16 Å². The summed E-state index contributed by atoms with van der Waals surface area (Å²) in [6.45, 7) is 1.23. The molecule has 2 aromatic rings. The van der Waals surface area contributed by atoms with Gasteiger partial charge in [-0.2, -0.15) is 0 Å². The van der Waals surface area contributed by atoms with Crippen LogP contribution >= 0.6 is 0 Å². The maximum Gasteiger partial charge on any atom is 0.342 e. The fourth-order valence-electron chi connectivity index (χ4n) is 1.79. The molecule has 122 valence electrons. The minimum atomic E-state index is -0.702. The fourth-order valence-corrected chi connectivity index (χ4v) is 1.79. The van der Waals surface area contributed by atoms with Crippen molar-refractivity contribution in [2.45, 2.75) is 6.92 Å². The molecule has 0 unspecified atom stereocenters. The Bertz CT molecular complexity index is 710. The van der Waals surface area contributed by atoms with E-state index in [2.05, 4.69) is 10.5 Å². The summed E-state index contributed by atoms with van der Waals surface area (Å²) in [7, 11) is 2.91. The first kappa shape index (κ1) is 16.3. The van der Waals surface area contributed by atoms with Gasteiger partial charge in [-0.05, 0) is 25.1 Å². The van der Waals surface area contributed by atoms with Crippen LogP contribution in [0.1, 0.15) is 16.1 Å². The lowest BCUT2D eigenvalue weighted by molar-refractivity contribution is -0.119. The SMILES string of the molecule is COc1ccc(OC)c(C(=O)OCC(=O)Nc2cc(C)on2)c1. The Morgan fingerprint density at radius 2 is 2.00 bits per heavy atom. The number of amides is 1. The van der Waals surface area contributed by atoms with Gasteiger partial charge in [-0.25, -0.2) is 4.79 Å². The topological polar surface area (TPSA) is 99.9 Å². The molecule has 0 saturated carbocycles. The van der Waals surface area contributed by atoms with E-state index < -0.39 is 18.5 Å². The third-order valence-electron chi connectivity index (χ3n) is 2.86. The van der Waals surface area contributed by atoms with Crippen LogP contribution in [0.15, 0.2) is 28.8 Å². The van der Waals surface area contributed by atoms with Crippen molar-refractivity contribution < 1.29 is 28.3 Å². The highest BCUT2D eigenvalue weighted by atomic mass is 16.5. The average Bonchev–Trinajstić information content (AvgIpc) is 2.96. The lowest BCUT2D eigenvalue weighted by Crippen LogP contribution is -2.21. The molecule has 1 N–H and O–H groups in total. The van der Waals surface area contributed by atoms with Crippen LogP contribution in [0.25, 0.3) is 0 Å². The Hall–Kier alpha value is -3.03. The Balaban J connectivity index is 1.97. The molecule has 1 aromatic heterocycles. The van der Waals surface area contributed by atoms with E-state index in [1.165, 1.54) is 20.3 Å². The number of nitrogens with one attached hydrogen (secondary N) is 1. The molecule has 0 saturated heterocycles. The summed E-state index contributed by atoms with van der Waals surface area (Å²) in [4.78, 5) is 23.8. The number of methoxy groups -OCH3 is 2. The molecule has 1 amide bonds. The second-order valence-corrected chi connectivity index (χ2v) is 4.51. The van der Waals surface area contributed by atoms with Crippen molar-refractivity contribution in [3.05, 3.63) is 35.6 Å². The minimum absolute atomic E-state index is 0.164. The maximum atomic E-state index is 12.1. The van der Waals surface area contributed by atoms with Crippen molar-refractivity contribution in [2.75, 3.05) is 26.1 Å². The number of nitrogens with zero attached hydrogens (tertiary/aromatic N) is 1. The van der Waals surface area contributed by atoms with Gasteiger partial charge in [-0.3, -0.25) is 4.79 Å². The third kappa shape index (κ3) is 4.22. The highest BCUT2D eigenvalue weighted by Gasteiger charge is 2.17. The molecular weight excluding hydrogens is 304 g/mol.